The first-order valence-corrected chi connectivity index (χ1v) is 9.44. The predicted molar refractivity (Wildman–Crippen MR) is 102 cm³/mol. The van der Waals surface area contributed by atoms with Crippen molar-refractivity contribution in [2.24, 2.45) is 0 Å². The number of fused-ring (bicyclic) bond motifs is 1. The summed E-state index contributed by atoms with van der Waals surface area (Å²) in [5.41, 5.74) is 1.02. The summed E-state index contributed by atoms with van der Waals surface area (Å²) in [7, 11) is 0. The van der Waals surface area contributed by atoms with Gasteiger partial charge in [0.25, 0.3) is 5.91 Å². The van der Waals surface area contributed by atoms with E-state index in [0.717, 1.165) is 42.2 Å². The summed E-state index contributed by atoms with van der Waals surface area (Å²) in [5.74, 6) is -0.450. The van der Waals surface area contributed by atoms with Gasteiger partial charge in [0.2, 0.25) is 0 Å². The van der Waals surface area contributed by atoms with E-state index in [1.165, 1.54) is 6.07 Å². The summed E-state index contributed by atoms with van der Waals surface area (Å²) in [4.78, 5) is 18.7. The highest BCUT2D eigenvalue weighted by atomic mass is 32.1. The minimum Gasteiger partial charge on any atom is -0.378 e. The number of nitrogens with one attached hydrogen (secondary N) is 1. The Morgan fingerprint density at radius 1 is 1.11 bits per heavy atom. The molecule has 0 radical (unpaired) electrons. The number of nitrogens with zero attached hydrogens (tertiary/aromatic N) is 2. The molecule has 1 fully saturated rings. The summed E-state index contributed by atoms with van der Waals surface area (Å²) >= 11 is 1.06. The minimum absolute atomic E-state index is 0.117. The van der Waals surface area contributed by atoms with Crippen LogP contribution in [0.3, 0.4) is 0 Å². The van der Waals surface area contributed by atoms with Gasteiger partial charge in [-0.1, -0.05) is 0 Å². The largest absolute Gasteiger partial charge is 0.416 e. The molecule has 2 heterocycles. The number of ether oxygens (including phenoxy) is 1. The third-order valence-corrected chi connectivity index (χ3v) is 5.45. The lowest BCUT2D eigenvalue weighted by molar-refractivity contribution is -0.137. The number of amides is 1. The number of carbonyl (C=O) groups is 1. The summed E-state index contributed by atoms with van der Waals surface area (Å²) in [5, 5.41) is 2.85. The molecule has 1 saturated heterocycles. The lowest BCUT2D eigenvalue weighted by atomic mass is 10.2. The number of halogens is 3. The zero-order chi connectivity index (χ0) is 19.7. The molecule has 1 amide bonds. The molecule has 1 aliphatic heterocycles. The number of aromatic nitrogens is 1. The molecular weight excluding hydrogens is 391 g/mol. The maximum Gasteiger partial charge on any atom is 0.416 e. The zero-order valence-corrected chi connectivity index (χ0v) is 15.4. The number of alkyl halides is 3. The third kappa shape index (κ3) is 3.95. The van der Waals surface area contributed by atoms with Gasteiger partial charge in [-0.25, -0.2) is 4.98 Å². The van der Waals surface area contributed by atoms with Gasteiger partial charge in [-0.2, -0.15) is 13.2 Å². The normalized spacial score (nSPS) is 15.0. The summed E-state index contributed by atoms with van der Waals surface area (Å²) in [6.07, 6.45) is -4.44. The third-order valence-electron chi connectivity index (χ3n) is 4.41. The zero-order valence-electron chi connectivity index (χ0n) is 14.6. The topological polar surface area (TPSA) is 54.5 Å². The van der Waals surface area contributed by atoms with Crippen LogP contribution in [0, 0.1) is 0 Å². The molecule has 28 heavy (non-hydrogen) atoms. The Morgan fingerprint density at radius 2 is 1.82 bits per heavy atom. The van der Waals surface area contributed by atoms with E-state index in [1.54, 1.807) is 12.1 Å². The van der Waals surface area contributed by atoms with E-state index in [1.807, 2.05) is 12.1 Å². The second-order valence-corrected chi connectivity index (χ2v) is 7.33. The van der Waals surface area contributed by atoms with Crippen molar-refractivity contribution >= 4 is 38.8 Å². The van der Waals surface area contributed by atoms with Crippen molar-refractivity contribution < 1.29 is 22.7 Å². The van der Waals surface area contributed by atoms with E-state index in [0.29, 0.717) is 23.6 Å². The lowest BCUT2D eigenvalue weighted by Crippen LogP contribution is -2.36. The van der Waals surface area contributed by atoms with Gasteiger partial charge in [-0.15, -0.1) is 11.3 Å². The maximum atomic E-state index is 12.8. The molecule has 4 rings (SSSR count). The van der Waals surface area contributed by atoms with Crippen LogP contribution >= 0.6 is 11.3 Å². The summed E-state index contributed by atoms with van der Waals surface area (Å²) < 4.78 is 44.3. The van der Waals surface area contributed by atoms with Gasteiger partial charge >= 0.3 is 6.18 Å². The van der Waals surface area contributed by atoms with Crippen molar-refractivity contribution in [3.63, 3.8) is 0 Å². The van der Waals surface area contributed by atoms with Crippen LogP contribution in [0.25, 0.3) is 10.2 Å². The molecule has 0 atom stereocenters. The first kappa shape index (κ1) is 18.7. The molecule has 1 N–H and O–H groups in total. The average molecular weight is 407 g/mol. The molecule has 0 bridgehead atoms. The van der Waals surface area contributed by atoms with Gasteiger partial charge in [0.1, 0.15) is 0 Å². The number of anilines is 2. The van der Waals surface area contributed by atoms with Crippen LogP contribution in [0.5, 0.6) is 0 Å². The van der Waals surface area contributed by atoms with Gasteiger partial charge in [0.05, 0.1) is 29.0 Å². The molecule has 2 aromatic carbocycles. The predicted octanol–water partition coefficient (Wildman–Crippen LogP) is 4.40. The van der Waals surface area contributed by atoms with Gasteiger partial charge in [0.15, 0.2) is 5.01 Å². The second-order valence-electron chi connectivity index (χ2n) is 6.30. The molecule has 146 valence electrons. The van der Waals surface area contributed by atoms with Crippen molar-refractivity contribution in [3.8, 4) is 0 Å². The first-order valence-electron chi connectivity index (χ1n) is 8.62. The van der Waals surface area contributed by atoms with Crippen molar-refractivity contribution in [3.05, 3.63) is 53.0 Å². The molecule has 1 aliphatic rings. The Balaban J connectivity index is 1.48. The van der Waals surface area contributed by atoms with Crippen molar-refractivity contribution in [2.45, 2.75) is 6.18 Å². The molecule has 3 aromatic rings. The van der Waals surface area contributed by atoms with Crippen LogP contribution in [-0.2, 0) is 10.9 Å². The number of benzene rings is 2. The fraction of sp³-hybridized carbons (Fsp3) is 0.263. The van der Waals surface area contributed by atoms with E-state index in [4.69, 9.17) is 4.74 Å². The van der Waals surface area contributed by atoms with Crippen molar-refractivity contribution in [1.82, 2.24) is 4.98 Å². The minimum atomic E-state index is -4.44. The monoisotopic (exact) mass is 407 g/mol. The van der Waals surface area contributed by atoms with Crippen LogP contribution < -0.4 is 10.2 Å². The molecule has 0 saturated carbocycles. The summed E-state index contributed by atoms with van der Waals surface area (Å²) in [6.45, 7) is 3.01. The highest BCUT2D eigenvalue weighted by molar-refractivity contribution is 7.20. The van der Waals surface area contributed by atoms with E-state index >= 15 is 0 Å². The molecule has 0 unspecified atom stereocenters. The molecular formula is C19H16F3N3O2S. The SMILES string of the molecule is O=C(Nc1ccc(N2CCOCC2)cc1)c1nc2cc(C(F)(F)F)ccc2s1. The standard InChI is InChI=1S/C19H16F3N3O2S/c20-19(21,22)12-1-6-16-15(11-12)24-18(28-16)17(26)23-13-2-4-14(5-3-13)25-7-9-27-10-8-25/h1-6,11H,7-10H2,(H,23,26). The molecule has 1 aromatic heterocycles. The van der Waals surface area contributed by atoms with Crippen molar-refractivity contribution in [2.75, 3.05) is 36.5 Å². The highest BCUT2D eigenvalue weighted by Crippen LogP contribution is 2.33. The fourth-order valence-corrected chi connectivity index (χ4v) is 3.80. The Bertz CT molecular complexity index is 996. The van der Waals surface area contributed by atoms with Gasteiger partial charge in [-0.05, 0) is 42.5 Å². The fourth-order valence-electron chi connectivity index (χ4n) is 2.96. The Morgan fingerprint density at radius 3 is 2.50 bits per heavy atom. The first-order chi connectivity index (χ1) is 13.4. The number of hydrogen-bond donors (Lipinski definition) is 1. The van der Waals surface area contributed by atoms with Crippen LogP contribution in [-0.4, -0.2) is 37.2 Å². The van der Waals surface area contributed by atoms with E-state index in [2.05, 4.69) is 15.2 Å². The van der Waals surface area contributed by atoms with E-state index in [9.17, 15) is 18.0 Å². The Kier molecular flexibility index (Phi) is 4.94. The molecule has 0 spiro atoms. The molecule has 5 nitrogen and oxygen atoms in total. The van der Waals surface area contributed by atoms with Gasteiger partial charge in [-0.3, -0.25) is 4.79 Å². The number of carbonyl (C=O) groups excluding carboxylic acids is 1. The number of hydrogen-bond acceptors (Lipinski definition) is 5. The Labute approximate surface area is 162 Å². The second kappa shape index (κ2) is 7.40. The Hall–Kier alpha value is -2.65. The van der Waals surface area contributed by atoms with E-state index < -0.39 is 17.6 Å². The smallest absolute Gasteiger partial charge is 0.378 e. The van der Waals surface area contributed by atoms with Crippen LogP contribution in [0.15, 0.2) is 42.5 Å². The molecule has 0 aliphatic carbocycles. The summed E-state index contributed by atoms with van der Waals surface area (Å²) in [6, 6.07) is 10.7. The van der Waals surface area contributed by atoms with Gasteiger partial charge in [0, 0.05) is 24.5 Å². The van der Waals surface area contributed by atoms with Crippen LogP contribution in [0.4, 0.5) is 24.5 Å². The van der Waals surface area contributed by atoms with Crippen molar-refractivity contribution in [1.29, 1.82) is 0 Å². The number of thiazole rings is 1. The molecule has 9 heteroatoms. The van der Waals surface area contributed by atoms with Crippen LogP contribution in [0.2, 0.25) is 0 Å². The number of morpholine rings is 1. The van der Waals surface area contributed by atoms with Crippen LogP contribution in [0.1, 0.15) is 15.4 Å². The van der Waals surface area contributed by atoms with E-state index in [-0.39, 0.29) is 10.5 Å². The average Bonchev–Trinajstić information content (AvgIpc) is 3.12. The maximum absolute atomic E-state index is 12.8. The van der Waals surface area contributed by atoms with Gasteiger partial charge < -0.3 is 15.0 Å². The quantitative estimate of drug-likeness (QED) is 0.699. The highest BCUT2D eigenvalue weighted by Gasteiger charge is 2.31. The lowest BCUT2D eigenvalue weighted by Gasteiger charge is -2.28. The number of rotatable bonds is 3.